The smallest absolute Gasteiger partial charge is 0.162 e. The number of anilines is 1. The summed E-state index contributed by atoms with van der Waals surface area (Å²) in [5, 5.41) is 0. The first-order valence-corrected chi connectivity index (χ1v) is 12.5. The van der Waals surface area contributed by atoms with Gasteiger partial charge in [0.2, 0.25) is 0 Å². The van der Waals surface area contributed by atoms with E-state index >= 15 is 0 Å². The van der Waals surface area contributed by atoms with Crippen LogP contribution in [0, 0.1) is 23.5 Å². The molecule has 3 aliphatic heterocycles. The number of aromatic nitrogens is 3. The highest BCUT2D eigenvalue weighted by Gasteiger charge is 2.68. The van der Waals surface area contributed by atoms with E-state index in [1.807, 2.05) is 4.90 Å². The third-order valence-corrected chi connectivity index (χ3v) is 8.30. The highest BCUT2D eigenvalue weighted by Crippen LogP contribution is 2.61. The van der Waals surface area contributed by atoms with Crippen molar-refractivity contribution in [1.82, 2.24) is 19.9 Å². The minimum Gasteiger partial charge on any atom is -0.371 e. The summed E-state index contributed by atoms with van der Waals surface area (Å²) < 4.78 is 28.3. The Balaban J connectivity index is 1.07. The quantitative estimate of drug-likeness (QED) is 0.421. The van der Waals surface area contributed by atoms with E-state index in [0.717, 1.165) is 43.7 Å². The van der Waals surface area contributed by atoms with E-state index in [0.29, 0.717) is 36.3 Å². The number of halogens is 2. The Labute approximate surface area is 199 Å². The van der Waals surface area contributed by atoms with E-state index in [-0.39, 0.29) is 11.6 Å². The minimum absolute atomic E-state index is 0.353. The van der Waals surface area contributed by atoms with Crippen LogP contribution in [0.3, 0.4) is 0 Å². The van der Waals surface area contributed by atoms with E-state index in [2.05, 4.69) is 33.0 Å². The van der Waals surface area contributed by atoms with Gasteiger partial charge in [-0.15, -0.1) is 0 Å². The van der Waals surface area contributed by atoms with Crippen molar-refractivity contribution in [1.29, 1.82) is 0 Å². The van der Waals surface area contributed by atoms with Crippen LogP contribution in [0.15, 0.2) is 42.9 Å². The summed E-state index contributed by atoms with van der Waals surface area (Å²) in [5.74, 6) is 1.83. The molecular formula is C27H31F2N5. The maximum absolute atomic E-state index is 14.6. The third-order valence-electron chi connectivity index (χ3n) is 8.30. The van der Waals surface area contributed by atoms with Gasteiger partial charge in [-0.2, -0.15) is 0 Å². The van der Waals surface area contributed by atoms with Gasteiger partial charge in [0.15, 0.2) is 11.6 Å². The van der Waals surface area contributed by atoms with Gasteiger partial charge in [0.1, 0.15) is 17.2 Å². The van der Waals surface area contributed by atoms with Crippen molar-refractivity contribution in [3.63, 3.8) is 0 Å². The fourth-order valence-corrected chi connectivity index (χ4v) is 6.31. The molecule has 3 fully saturated rings. The Morgan fingerprint density at radius 2 is 2.09 bits per heavy atom. The van der Waals surface area contributed by atoms with Crippen LogP contribution in [0.25, 0.3) is 0 Å². The molecule has 0 aromatic carbocycles. The predicted molar refractivity (Wildman–Crippen MR) is 127 cm³/mol. The van der Waals surface area contributed by atoms with Crippen molar-refractivity contribution in [2.75, 3.05) is 24.5 Å². The number of hydrogen-bond donors (Lipinski definition) is 0. The molecular weight excluding hydrogens is 432 g/mol. The molecule has 5 heterocycles. The number of rotatable bonds is 7. The second-order valence-corrected chi connectivity index (χ2v) is 10.5. The van der Waals surface area contributed by atoms with Gasteiger partial charge < -0.3 is 9.80 Å². The average molecular weight is 464 g/mol. The van der Waals surface area contributed by atoms with Crippen LogP contribution < -0.4 is 4.90 Å². The molecule has 5 nitrogen and oxygen atoms in total. The van der Waals surface area contributed by atoms with Crippen LogP contribution in [0.4, 0.5) is 14.6 Å². The number of allylic oxidation sites excluding steroid dienone is 1. The number of hydrogen-bond acceptors (Lipinski definition) is 5. The van der Waals surface area contributed by atoms with Gasteiger partial charge in [0, 0.05) is 24.4 Å². The Kier molecular flexibility index (Phi) is 5.19. The summed E-state index contributed by atoms with van der Waals surface area (Å²) >= 11 is 0. The Morgan fingerprint density at radius 3 is 2.91 bits per heavy atom. The highest BCUT2D eigenvalue weighted by atomic mass is 19.1. The fraction of sp³-hybridized carbons (Fsp3) is 0.519. The second-order valence-electron chi connectivity index (χ2n) is 10.5. The van der Waals surface area contributed by atoms with E-state index in [9.17, 15) is 8.78 Å². The number of nitrogens with zero attached hydrogens (tertiary/aromatic N) is 5. The van der Waals surface area contributed by atoms with Gasteiger partial charge in [-0.3, -0.25) is 0 Å². The molecule has 1 saturated carbocycles. The Bertz CT molecular complexity index is 1160. The summed E-state index contributed by atoms with van der Waals surface area (Å²) in [5.41, 5.74) is 3.36. The topological polar surface area (TPSA) is 44.9 Å². The van der Waals surface area contributed by atoms with Gasteiger partial charge >= 0.3 is 0 Å². The first-order valence-electron chi connectivity index (χ1n) is 12.5. The van der Waals surface area contributed by atoms with Gasteiger partial charge in [-0.1, -0.05) is 38.0 Å². The lowest BCUT2D eigenvalue weighted by atomic mass is 9.77. The largest absolute Gasteiger partial charge is 0.371 e. The standard InChI is InChI=1S/C27H31F2N5/c1-17-9-10-33(15-17)18(2)20-7-3-5-19(11-20)6-4-8-24-23(29)14-31-26(32-24)27-16-34(27)25-22(27)12-21(28)13-30-25/h12-14,19-20H,1-11,15-16H2/t19-,20+,27?,34?/m0/s1. The van der Waals surface area contributed by atoms with Crippen LogP contribution in [-0.2, 0) is 12.0 Å². The molecule has 34 heavy (non-hydrogen) atoms. The first-order chi connectivity index (χ1) is 16.5. The normalized spacial score (nSPS) is 27.3. The van der Waals surface area contributed by atoms with E-state index in [1.165, 1.54) is 55.4 Å². The monoisotopic (exact) mass is 463 g/mol. The summed E-state index contributed by atoms with van der Waals surface area (Å²) in [6.45, 7) is 11.2. The summed E-state index contributed by atoms with van der Waals surface area (Å²) in [6, 6.07) is 1.50. The molecule has 0 spiro atoms. The summed E-state index contributed by atoms with van der Waals surface area (Å²) in [6.07, 6.45) is 11.0. The zero-order chi connectivity index (χ0) is 23.4. The summed E-state index contributed by atoms with van der Waals surface area (Å²) in [7, 11) is 0. The number of fused-ring (bicyclic) bond motifs is 4. The van der Waals surface area contributed by atoms with Crippen LogP contribution in [0.2, 0.25) is 0 Å². The average Bonchev–Trinajstić information content (AvgIpc) is 3.31. The third kappa shape index (κ3) is 3.51. The van der Waals surface area contributed by atoms with Crippen molar-refractivity contribution in [2.45, 2.75) is 56.9 Å². The van der Waals surface area contributed by atoms with Gasteiger partial charge in [0.25, 0.3) is 0 Å². The van der Waals surface area contributed by atoms with Crippen LogP contribution in [-0.4, -0.2) is 39.5 Å². The molecule has 1 unspecified atom stereocenters. The van der Waals surface area contributed by atoms with Crippen molar-refractivity contribution >= 4 is 5.82 Å². The second kappa shape index (κ2) is 8.14. The van der Waals surface area contributed by atoms with Crippen molar-refractivity contribution < 1.29 is 8.78 Å². The maximum atomic E-state index is 14.6. The van der Waals surface area contributed by atoms with Gasteiger partial charge in [-0.25, -0.2) is 23.7 Å². The molecule has 2 aromatic heterocycles. The lowest BCUT2D eigenvalue weighted by molar-refractivity contribution is 0.239. The minimum atomic E-state index is -0.509. The first kappa shape index (κ1) is 21.7. The van der Waals surface area contributed by atoms with Crippen molar-refractivity contribution in [2.24, 2.45) is 11.8 Å². The SMILES string of the molecule is C=C1CCN(C(=C)[C@@H]2CCC[C@@H](CCCc3nc(C45CN4c4ncc(F)cc45)ncc3F)C2)C1. The van der Waals surface area contributed by atoms with Crippen molar-refractivity contribution in [3.05, 3.63) is 71.6 Å². The lowest BCUT2D eigenvalue weighted by Crippen LogP contribution is -2.32. The zero-order valence-electron chi connectivity index (χ0n) is 19.6. The highest BCUT2D eigenvalue weighted by molar-refractivity contribution is 5.78. The Hall–Kier alpha value is -2.83. The van der Waals surface area contributed by atoms with Gasteiger partial charge in [-0.05, 0) is 50.0 Å². The number of pyridine rings is 1. The van der Waals surface area contributed by atoms with Crippen LogP contribution in [0.1, 0.15) is 62.0 Å². The molecule has 1 aliphatic carbocycles. The molecule has 2 aromatic rings. The molecule has 0 bridgehead atoms. The summed E-state index contributed by atoms with van der Waals surface area (Å²) in [4.78, 5) is 17.5. The molecule has 2 saturated heterocycles. The fourth-order valence-electron chi connectivity index (χ4n) is 6.31. The number of aryl methyl sites for hydroxylation is 1. The molecule has 0 N–H and O–H groups in total. The molecule has 0 amide bonds. The molecule has 6 rings (SSSR count). The molecule has 3 atom stereocenters. The molecule has 4 aliphatic rings. The van der Waals surface area contributed by atoms with Gasteiger partial charge in [0.05, 0.1) is 24.6 Å². The van der Waals surface area contributed by atoms with E-state index in [1.54, 1.807) is 0 Å². The molecule has 178 valence electrons. The Morgan fingerprint density at radius 1 is 1.21 bits per heavy atom. The predicted octanol–water partition coefficient (Wildman–Crippen LogP) is 5.13. The molecule has 0 radical (unpaired) electrons. The van der Waals surface area contributed by atoms with Crippen molar-refractivity contribution in [3.8, 4) is 0 Å². The number of likely N-dealkylation sites (tertiary alicyclic amines) is 1. The lowest BCUT2D eigenvalue weighted by Gasteiger charge is -2.34. The van der Waals surface area contributed by atoms with E-state index < -0.39 is 5.54 Å². The van der Waals surface area contributed by atoms with Crippen LogP contribution in [0.5, 0.6) is 0 Å². The van der Waals surface area contributed by atoms with E-state index in [4.69, 9.17) is 0 Å². The zero-order valence-corrected chi connectivity index (χ0v) is 19.6. The molecule has 7 heteroatoms. The van der Waals surface area contributed by atoms with Crippen LogP contribution >= 0.6 is 0 Å². The maximum Gasteiger partial charge on any atom is 0.162 e.